The number of halogens is 1. The SMILES string of the molecule is FCn1cccc1. The second kappa shape index (κ2) is 1.78. The van der Waals surface area contributed by atoms with E-state index in [0.717, 1.165) is 0 Å². The molecule has 7 heavy (non-hydrogen) atoms. The fourth-order valence-electron chi connectivity index (χ4n) is 0.450. The maximum absolute atomic E-state index is 11.5. The third-order valence-corrected chi connectivity index (χ3v) is 0.804. The summed E-state index contributed by atoms with van der Waals surface area (Å²) in [6.45, 7) is -0.424. The molecule has 38 valence electrons. The molecule has 0 bridgehead atoms. The summed E-state index contributed by atoms with van der Waals surface area (Å²) in [5.41, 5.74) is 0. The number of alkyl halides is 1. The Morgan fingerprint density at radius 3 is 2.14 bits per heavy atom. The van der Waals surface area contributed by atoms with E-state index in [-0.39, 0.29) is 0 Å². The molecule has 0 unspecified atom stereocenters. The highest BCUT2D eigenvalue weighted by Crippen LogP contribution is 1.87. The molecule has 0 saturated carbocycles. The zero-order chi connectivity index (χ0) is 5.11. The lowest BCUT2D eigenvalue weighted by Crippen LogP contribution is -1.83. The van der Waals surface area contributed by atoms with Crippen molar-refractivity contribution < 1.29 is 4.39 Å². The first-order chi connectivity index (χ1) is 3.43. The summed E-state index contributed by atoms with van der Waals surface area (Å²) in [5.74, 6) is 0. The van der Waals surface area contributed by atoms with Crippen molar-refractivity contribution in [3.63, 3.8) is 0 Å². The molecular formula is C5H6FN. The van der Waals surface area contributed by atoms with Crippen LogP contribution in [0.1, 0.15) is 0 Å². The van der Waals surface area contributed by atoms with Gasteiger partial charge in [0, 0.05) is 12.4 Å². The average Bonchev–Trinajstić information content (AvgIpc) is 2.14. The van der Waals surface area contributed by atoms with Gasteiger partial charge in [0.15, 0.2) is 6.80 Å². The van der Waals surface area contributed by atoms with Gasteiger partial charge < -0.3 is 4.57 Å². The van der Waals surface area contributed by atoms with Crippen molar-refractivity contribution >= 4 is 0 Å². The fraction of sp³-hybridized carbons (Fsp3) is 0.200. The molecule has 0 N–H and O–H groups in total. The van der Waals surface area contributed by atoms with Crippen molar-refractivity contribution in [1.82, 2.24) is 4.57 Å². The Balaban J connectivity index is 2.76. The maximum Gasteiger partial charge on any atom is 0.165 e. The molecule has 2 heteroatoms. The molecule has 1 aromatic rings. The Hall–Kier alpha value is -0.790. The molecular weight excluding hydrogens is 93.1 g/mol. The fourth-order valence-corrected chi connectivity index (χ4v) is 0.450. The number of hydrogen-bond donors (Lipinski definition) is 0. The van der Waals surface area contributed by atoms with Crippen molar-refractivity contribution in [3.05, 3.63) is 24.5 Å². The molecule has 0 amide bonds. The minimum Gasteiger partial charge on any atom is -0.327 e. The number of hydrogen-bond acceptors (Lipinski definition) is 0. The smallest absolute Gasteiger partial charge is 0.165 e. The summed E-state index contributed by atoms with van der Waals surface area (Å²) < 4.78 is 13.0. The van der Waals surface area contributed by atoms with Crippen molar-refractivity contribution in [2.75, 3.05) is 0 Å². The van der Waals surface area contributed by atoms with E-state index >= 15 is 0 Å². The normalized spacial score (nSPS) is 9.29. The van der Waals surface area contributed by atoms with E-state index in [1.54, 1.807) is 24.5 Å². The van der Waals surface area contributed by atoms with E-state index in [2.05, 4.69) is 0 Å². The van der Waals surface area contributed by atoms with Crippen molar-refractivity contribution in [2.24, 2.45) is 0 Å². The van der Waals surface area contributed by atoms with Crippen LogP contribution in [0, 0.1) is 0 Å². The Morgan fingerprint density at radius 2 is 1.86 bits per heavy atom. The third-order valence-electron chi connectivity index (χ3n) is 0.804. The lowest BCUT2D eigenvalue weighted by Gasteiger charge is -1.86. The first-order valence-electron chi connectivity index (χ1n) is 2.10. The predicted molar refractivity (Wildman–Crippen MR) is 25.5 cm³/mol. The monoisotopic (exact) mass is 99.0 g/mol. The first-order valence-corrected chi connectivity index (χ1v) is 2.10. The molecule has 0 saturated heterocycles. The van der Waals surface area contributed by atoms with Crippen LogP contribution in [0.4, 0.5) is 4.39 Å². The largest absolute Gasteiger partial charge is 0.327 e. The van der Waals surface area contributed by atoms with Crippen molar-refractivity contribution in [2.45, 2.75) is 6.80 Å². The number of rotatable bonds is 1. The Morgan fingerprint density at radius 1 is 1.29 bits per heavy atom. The highest BCUT2D eigenvalue weighted by atomic mass is 19.1. The molecule has 0 spiro atoms. The highest BCUT2D eigenvalue weighted by molar-refractivity contribution is 4.89. The molecule has 1 aromatic heterocycles. The van der Waals surface area contributed by atoms with Gasteiger partial charge in [-0.2, -0.15) is 0 Å². The Kier molecular flexibility index (Phi) is 1.11. The Labute approximate surface area is 41.4 Å². The van der Waals surface area contributed by atoms with Gasteiger partial charge in [0.25, 0.3) is 0 Å². The van der Waals surface area contributed by atoms with E-state index in [0.29, 0.717) is 0 Å². The van der Waals surface area contributed by atoms with Crippen LogP contribution in [0.25, 0.3) is 0 Å². The van der Waals surface area contributed by atoms with E-state index in [1.807, 2.05) is 0 Å². The summed E-state index contributed by atoms with van der Waals surface area (Å²) in [5, 5.41) is 0. The van der Waals surface area contributed by atoms with Crippen LogP contribution in [0.15, 0.2) is 24.5 Å². The van der Waals surface area contributed by atoms with Gasteiger partial charge in [-0.15, -0.1) is 0 Å². The van der Waals surface area contributed by atoms with Crippen LogP contribution in [0.2, 0.25) is 0 Å². The molecule has 0 aliphatic rings. The standard InChI is InChI=1S/C5H6FN/c6-5-7-3-1-2-4-7/h1-4H,5H2. The summed E-state index contributed by atoms with van der Waals surface area (Å²) in [6, 6.07) is 3.58. The van der Waals surface area contributed by atoms with Crippen molar-refractivity contribution in [1.29, 1.82) is 0 Å². The van der Waals surface area contributed by atoms with Gasteiger partial charge in [-0.3, -0.25) is 0 Å². The van der Waals surface area contributed by atoms with E-state index in [4.69, 9.17) is 0 Å². The molecule has 1 nitrogen and oxygen atoms in total. The van der Waals surface area contributed by atoms with Gasteiger partial charge in [-0.1, -0.05) is 0 Å². The minimum absolute atomic E-state index is 0.424. The van der Waals surface area contributed by atoms with E-state index in [1.165, 1.54) is 4.57 Å². The molecule has 0 aliphatic heterocycles. The molecule has 0 aliphatic carbocycles. The van der Waals surface area contributed by atoms with Crippen LogP contribution in [0.5, 0.6) is 0 Å². The Bertz CT molecular complexity index is 123. The second-order valence-corrected chi connectivity index (χ2v) is 1.32. The molecule has 0 fully saturated rings. The van der Waals surface area contributed by atoms with Gasteiger partial charge in [0.1, 0.15) is 0 Å². The first kappa shape index (κ1) is 4.37. The average molecular weight is 99.1 g/mol. The summed E-state index contributed by atoms with van der Waals surface area (Å²) in [7, 11) is 0. The van der Waals surface area contributed by atoms with Gasteiger partial charge in [0.05, 0.1) is 0 Å². The third kappa shape index (κ3) is 0.796. The predicted octanol–water partition coefficient (Wildman–Crippen LogP) is 1.42. The van der Waals surface area contributed by atoms with E-state index in [9.17, 15) is 4.39 Å². The van der Waals surface area contributed by atoms with Gasteiger partial charge in [-0.25, -0.2) is 4.39 Å². The molecule has 0 aromatic carbocycles. The molecule has 1 rings (SSSR count). The molecule has 0 radical (unpaired) electrons. The highest BCUT2D eigenvalue weighted by Gasteiger charge is 1.78. The number of aromatic nitrogens is 1. The van der Waals surface area contributed by atoms with Gasteiger partial charge in [-0.05, 0) is 12.1 Å². The summed E-state index contributed by atoms with van der Waals surface area (Å²) >= 11 is 0. The topological polar surface area (TPSA) is 4.93 Å². The zero-order valence-corrected chi connectivity index (χ0v) is 3.84. The van der Waals surface area contributed by atoms with Crippen LogP contribution in [-0.2, 0) is 6.80 Å². The van der Waals surface area contributed by atoms with Crippen LogP contribution in [0.3, 0.4) is 0 Å². The molecule has 0 atom stereocenters. The van der Waals surface area contributed by atoms with Crippen LogP contribution >= 0.6 is 0 Å². The quantitative estimate of drug-likeness (QED) is 0.501. The van der Waals surface area contributed by atoms with Gasteiger partial charge in [0.2, 0.25) is 0 Å². The zero-order valence-electron chi connectivity index (χ0n) is 3.84. The van der Waals surface area contributed by atoms with E-state index < -0.39 is 6.80 Å². The minimum atomic E-state index is -0.424. The molecule has 1 heterocycles. The maximum atomic E-state index is 11.5. The van der Waals surface area contributed by atoms with Crippen LogP contribution in [-0.4, -0.2) is 4.57 Å². The lowest BCUT2D eigenvalue weighted by molar-refractivity contribution is 0.378. The number of nitrogens with zero attached hydrogens (tertiary/aromatic N) is 1. The second-order valence-electron chi connectivity index (χ2n) is 1.32. The summed E-state index contributed by atoms with van der Waals surface area (Å²) in [4.78, 5) is 0. The summed E-state index contributed by atoms with van der Waals surface area (Å²) in [6.07, 6.45) is 3.36. The lowest BCUT2D eigenvalue weighted by atomic mass is 10.7. The van der Waals surface area contributed by atoms with Crippen molar-refractivity contribution in [3.8, 4) is 0 Å². The van der Waals surface area contributed by atoms with Crippen LogP contribution < -0.4 is 0 Å². The van der Waals surface area contributed by atoms with Gasteiger partial charge >= 0.3 is 0 Å².